The molecular formula is C24H25ClN2O4. The highest BCUT2D eigenvalue weighted by atomic mass is 35.5. The third kappa shape index (κ3) is 4.75. The molecule has 0 radical (unpaired) electrons. The summed E-state index contributed by atoms with van der Waals surface area (Å²) in [6.45, 7) is 4.08. The molecule has 0 spiro atoms. The summed E-state index contributed by atoms with van der Waals surface area (Å²) < 4.78 is 5.40. The molecule has 31 heavy (non-hydrogen) atoms. The van der Waals surface area contributed by atoms with Gasteiger partial charge in [-0.15, -0.1) is 0 Å². The highest BCUT2D eigenvalue weighted by Crippen LogP contribution is 2.29. The first kappa shape index (κ1) is 21.4. The van der Waals surface area contributed by atoms with Crippen molar-refractivity contribution in [1.29, 1.82) is 0 Å². The lowest BCUT2D eigenvalue weighted by atomic mass is 9.95. The molecule has 4 rings (SSSR count). The Bertz CT molecular complexity index is 1170. The fraction of sp³-hybridized carbons (Fsp3) is 0.333. The van der Waals surface area contributed by atoms with E-state index in [1.807, 2.05) is 19.1 Å². The van der Waals surface area contributed by atoms with Gasteiger partial charge in [-0.2, -0.15) is 0 Å². The number of phenolic OH excluding ortho intramolecular Hbond substituents is 1. The van der Waals surface area contributed by atoms with Crippen molar-refractivity contribution >= 4 is 34.2 Å². The third-order valence-corrected chi connectivity index (χ3v) is 6.24. The van der Waals surface area contributed by atoms with Crippen LogP contribution in [-0.2, 0) is 17.8 Å². The van der Waals surface area contributed by atoms with E-state index in [4.69, 9.17) is 16.0 Å². The predicted octanol–water partition coefficient (Wildman–Crippen LogP) is 4.57. The van der Waals surface area contributed by atoms with Crippen molar-refractivity contribution in [2.45, 2.75) is 32.7 Å². The normalized spacial score (nSPS) is 15.3. The molecule has 1 aliphatic heterocycles. The summed E-state index contributed by atoms with van der Waals surface area (Å²) in [5.41, 5.74) is 2.45. The van der Waals surface area contributed by atoms with Crippen LogP contribution in [0.15, 0.2) is 51.7 Å². The van der Waals surface area contributed by atoms with Gasteiger partial charge in [0.25, 0.3) is 0 Å². The van der Waals surface area contributed by atoms with Crippen molar-refractivity contribution < 1.29 is 14.3 Å². The minimum atomic E-state index is -0.371. The molecule has 0 aliphatic carbocycles. The van der Waals surface area contributed by atoms with Gasteiger partial charge in [0.2, 0.25) is 5.91 Å². The molecule has 0 atom stereocenters. The maximum atomic E-state index is 12.6. The molecule has 1 fully saturated rings. The standard InChI is InChI=1S/C24H25ClN2O4/c1-2-15-11-22-18(13-19(15)25)17(12-23(29)31-22)14-27-9-7-16(8-10-27)24(30)26-20-5-3-4-6-21(20)28/h3-6,11-13,16,28H,2,7-10,14H2,1H3,(H,26,30). The molecular weight excluding hydrogens is 416 g/mol. The zero-order valence-corrected chi connectivity index (χ0v) is 18.1. The van der Waals surface area contributed by atoms with E-state index >= 15 is 0 Å². The third-order valence-electron chi connectivity index (χ3n) is 5.89. The Balaban J connectivity index is 1.44. The van der Waals surface area contributed by atoms with E-state index in [0.29, 0.717) is 35.7 Å². The number of hydrogen-bond acceptors (Lipinski definition) is 5. The van der Waals surface area contributed by atoms with Crippen LogP contribution in [0, 0.1) is 5.92 Å². The van der Waals surface area contributed by atoms with Crippen molar-refractivity contribution in [3.05, 3.63) is 69.0 Å². The van der Waals surface area contributed by atoms with E-state index in [-0.39, 0.29) is 23.2 Å². The van der Waals surface area contributed by atoms with Crippen LogP contribution in [0.3, 0.4) is 0 Å². The van der Waals surface area contributed by atoms with E-state index in [1.165, 1.54) is 6.07 Å². The van der Waals surface area contributed by atoms with Gasteiger partial charge in [-0.25, -0.2) is 4.79 Å². The molecule has 3 aromatic rings. The predicted molar refractivity (Wildman–Crippen MR) is 122 cm³/mol. The van der Waals surface area contributed by atoms with Crippen molar-refractivity contribution in [2.75, 3.05) is 18.4 Å². The smallest absolute Gasteiger partial charge is 0.336 e. The van der Waals surface area contributed by atoms with E-state index in [2.05, 4.69) is 10.2 Å². The van der Waals surface area contributed by atoms with E-state index in [9.17, 15) is 14.7 Å². The van der Waals surface area contributed by atoms with Crippen molar-refractivity contribution in [1.82, 2.24) is 4.90 Å². The Labute approximate surface area is 185 Å². The largest absolute Gasteiger partial charge is 0.506 e. The number of benzene rings is 2. The maximum absolute atomic E-state index is 12.6. The van der Waals surface area contributed by atoms with Gasteiger partial charge < -0.3 is 14.8 Å². The van der Waals surface area contributed by atoms with Crippen LogP contribution in [0.2, 0.25) is 5.02 Å². The van der Waals surface area contributed by atoms with E-state index in [0.717, 1.165) is 36.0 Å². The Kier molecular flexibility index (Phi) is 6.30. The topological polar surface area (TPSA) is 82.8 Å². The van der Waals surface area contributed by atoms with Crippen LogP contribution >= 0.6 is 11.6 Å². The summed E-state index contributed by atoms with van der Waals surface area (Å²) in [5.74, 6) is -0.131. The number of carbonyl (C=O) groups excluding carboxylic acids is 1. The van der Waals surface area contributed by atoms with Crippen molar-refractivity contribution in [3.8, 4) is 5.75 Å². The lowest BCUT2D eigenvalue weighted by Gasteiger charge is -2.31. The first-order valence-electron chi connectivity index (χ1n) is 10.5. The van der Waals surface area contributed by atoms with Gasteiger partial charge >= 0.3 is 5.63 Å². The number of halogens is 1. The number of nitrogens with one attached hydrogen (secondary N) is 1. The van der Waals surface area contributed by atoms with Crippen LogP contribution in [-0.4, -0.2) is 29.0 Å². The second kappa shape index (κ2) is 9.12. The molecule has 1 aliphatic rings. The lowest BCUT2D eigenvalue weighted by molar-refractivity contribution is -0.121. The highest BCUT2D eigenvalue weighted by Gasteiger charge is 2.26. The molecule has 1 aromatic heterocycles. The molecule has 7 heteroatoms. The first-order chi connectivity index (χ1) is 14.9. The van der Waals surface area contributed by atoms with Crippen molar-refractivity contribution in [3.63, 3.8) is 0 Å². The number of fused-ring (bicyclic) bond motifs is 1. The minimum absolute atomic E-state index is 0.0629. The number of anilines is 1. The molecule has 2 N–H and O–H groups in total. The summed E-state index contributed by atoms with van der Waals surface area (Å²) in [7, 11) is 0. The molecule has 1 amide bonds. The van der Waals surface area contributed by atoms with E-state index < -0.39 is 0 Å². The SMILES string of the molecule is CCc1cc2oc(=O)cc(CN3CCC(C(=O)Nc4ccccc4O)CC3)c2cc1Cl. The maximum Gasteiger partial charge on any atom is 0.336 e. The zero-order valence-electron chi connectivity index (χ0n) is 17.4. The van der Waals surface area contributed by atoms with Gasteiger partial charge in [0.05, 0.1) is 5.69 Å². The van der Waals surface area contributed by atoms with Crippen molar-refractivity contribution in [2.24, 2.45) is 5.92 Å². The van der Waals surface area contributed by atoms with E-state index in [1.54, 1.807) is 24.3 Å². The quantitative estimate of drug-likeness (QED) is 0.448. The number of nitrogens with zero attached hydrogens (tertiary/aromatic N) is 1. The number of phenols is 1. The number of rotatable bonds is 5. The van der Waals surface area contributed by atoms with Gasteiger partial charge in [-0.05, 0) is 67.7 Å². The summed E-state index contributed by atoms with van der Waals surface area (Å²) in [6.07, 6.45) is 2.18. The molecule has 2 aromatic carbocycles. The number of para-hydroxylation sites is 2. The molecule has 0 bridgehead atoms. The summed E-state index contributed by atoms with van der Waals surface area (Å²) >= 11 is 6.39. The number of likely N-dealkylation sites (tertiary alicyclic amines) is 1. The molecule has 162 valence electrons. The highest BCUT2D eigenvalue weighted by molar-refractivity contribution is 6.32. The average molecular weight is 441 g/mol. The van der Waals surface area contributed by atoms with Gasteiger partial charge in [0.15, 0.2) is 0 Å². The molecule has 0 saturated carbocycles. The zero-order chi connectivity index (χ0) is 22.0. The monoisotopic (exact) mass is 440 g/mol. The minimum Gasteiger partial charge on any atom is -0.506 e. The molecule has 0 unspecified atom stereocenters. The summed E-state index contributed by atoms with van der Waals surface area (Å²) in [6, 6.07) is 12.0. The summed E-state index contributed by atoms with van der Waals surface area (Å²) in [5, 5.41) is 14.2. The Hall–Kier alpha value is -2.83. The average Bonchev–Trinajstić information content (AvgIpc) is 2.76. The van der Waals surface area contributed by atoms with Gasteiger partial charge in [0, 0.05) is 28.9 Å². The number of piperidine rings is 1. The number of carbonyl (C=O) groups is 1. The Morgan fingerprint density at radius 3 is 2.65 bits per heavy atom. The fourth-order valence-corrected chi connectivity index (χ4v) is 4.40. The lowest BCUT2D eigenvalue weighted by Crippen LogP contribution is -2.37. The van der Waals surface area contributed by atoms with Gasteiger partial charge in [0.1, 0.15) is 11.3 Å². The molecule has 6 nitrogen and oxygen atoms in total. The van der Waals surface area contributed by atoms with Crippen LogP contribution in [0.4, 0.5) is 5.69 Å². The Morgan fingerprint density at radius 2 is 1.94 bits per heavy atom. The van der Waals surface area contributed by atoms with Crippen LogP contribution in [0.5, 0.6) is 5.75 Å². The van der Waals surface area contributed by atoms with Gasteiger partial charge in [-0.3, -0.25) is 9.69 Å². The van der Waals surface area contributed by atoms with Crippen LogP contribution < -0.4 is 10.9 Å². The second-order valence-corrected chi connectivity index (χ2v) is 8.35. The first-order valence-corrected chi connectivity index (χ1v) is 10.9. The number of aromatic hydroxyl groups is 1. The van der Waals surface area contributed by atoms with Crippen LogP contribution in [0.1, 0.15) is 30.9 Å². The fourth-order valence-electron chi connectivity index (χ4n) is 4.10. The number of amides is 1. The second-order valence-electron chi connectivity index (χ2n) is 7.94. The molecule has 2 heterocycles. The number of aryl methyl sites for hydroxylation is 1. The molecule has 1 saturated heterocycles. The van der Waals surface area contributed by atoms with Gasteiger partial charge in [-0.1, -0.05) is 30.7 Å². The van der Waals surface area contributed by atoms with Crippen LogP contribution in [0.25, 0.3) is 11.0 Å². The summed E-state index contributed by atoms with van der Waals surface area (Å²) in [4.78, 5) is 26.9. The Morgan fingerprint density at radius 1 is 1.19 bits per heavy atom. The number of hydrogen-bond donors (Lipinski definition) is 2.